The van der Waals surface area contributed by atoms with Crippen molar-refractivity contribution in [2.24, 2.45) is 5.84 Å². The number of nitrogens with two attached hydrogens (primary N) is 1. The van der Waals surface area contributed by atoms with Crippen LogP contribution in [0, 0.1) is 6.92 Å². The topological polar surface area (TPSA) is 76.7 Å². The van der Waals surface area contributed by atoms with E-state index in [0.717, 1.165) is 29.9 Å². The van der Waals surface area contributed by atoms with Gasteiger partial charge in [-0.15, -0.1) is 0 Å². The molecule has 98 valence electrons. The first kappa shape index (κ1) is 12.2. The van der Waals surface area contributed by atoms with E-state index in [2.05, 4.69) is 26.4 Å². The minimum Gasteiger partial charge on any atom is -0.271 e. The molecule has 2 heterocycles. The fourth-order valence-electron chi connectivity index (χ4n) is 2.70. The van der Waals surface area contributed by atoms with Crippen molar-refractivity contribution >= 4 is 0 Å². The molecule has 3 N–H and O–H groups in total. The Balaban J connectivity index is 1.94. The van der Waals surface area contributed by atoms with E-state index in [1.54, 1.807) is 0 Å². The molecule has 0 amide bonds. The number of fused-ring (bicyclic) bond motifs is 1. The minimum absolute atomic E-state index is 0.0863. The molecule has 2 unspecified atom stereocenters. The molecule has 2 aromatic heterocycles. The van der Waals surface area contributed by atoms with Gasteiger partial charge in [-0.05, 0) is 37.0 Å². The summed E-state index contributed by atoms with van der Waals surface area (Å²) in [6.45, 7) is 1.97. The van der Waals surface area contributed by atoms with Crippen LogP contribution in [0.15, 0.2) is 30.7 Å². The van der Waals surface area contributed by atoms with Gasteiger partial charge in [0.15, 0.2) is 0 Å². The van der Waals surface area contributed by atoms with Crippen molar-refractivity contribution in [3.63, 3.8) is 0 Å². The molecule has 0 aliphatic heterocycles. The molecule has 0 fully saturated rings. The minimum atomic E-state index is -0.0863. The van der Waals surface area contributed by atoms with E-state index < -0.39 is 0 Å². The SMILES string of the molecule is Cc1cnc(C(NN)C2CCc3cccnc32)nc1. The first-order valence-corrected chi connectivity index (χ1v) is 6.48. The van der Waals surface area contributed by atoms with Crippen molar-refractivity contribution in [2.75, 3.05) is 0 Å². The molecule has 0 saturated carbocycles. The van der Waals surface area contributed by atoms with Crippen molar-refractivity contribution in [2.45, 2.75) is 31.7 Å². The fourth-order valence-corrected chi connectivity index (χ4v) is 2.70. The lowest BCUT2D eigenvalue weighted by Crippen LogP contribution is -2.33. The first-order valence-electron chi connectivity index (χ1n) is 6.48. The molecular weight excluding hydrogens is 238 g/mol. The number of hydrogen-bond donors (Lipinski definition) is 2. The molecule has 5 heteroatoms. The second kappa shape index (κ2) is 5.03. The summed E-state index contributed by atoms with van der Waals surface area (Å²) in [4.78, 5) is 13.3. The Morgan fingerprint density at radius 3 is 2.84 bits per heavy atom. The van der Waals surface area contributed by atoms with Crippen LogP contribution in [0.2, 0.25) is 0 Å². The highest BCUT2D eigenvalue weighted by molar-refractivity contribution is 5.31. The molecule has 5 nitrogen and oxygen atoms in total. The molecule has 0 spiro atoms. The van der Waals surface area contributed by atoms with Crippen molar-refractivity contribution < 1.29 is 0 Å². The van der Waals surface area contributed by atoms with Crippen LogP contribution in [0.1, 0.15) is 41.0 Å². The van der Waals surface area contributed by atoms with Crippen LogP contribution >= 0.6 is 0 Å². The van der Waals surface area contributed by atoms with Gasteiger partial charge in [-0.25, -0.2) is 15.4 Å². The summed E-state index contributed by atoms with van der Waals surface area (Å²) in [5.41, 5.74) is 6.33. The van der Waals surface area contributed by atoms with Gasteiger partial charge in [0.25, 0.3) is 0 Å². The summed E-state index contributed by atoms with van der Waals surface area (Å²) >= 11 is 0. The number of hydrazine groups is 1. The van der Waals surface area contributed by atoms with Crippen LogP contribution in [0.4, 0.5) is 0 Å². The smallest absolute Gasteiger partial charge is 0.147 e. The third-order valence-electron chi connectivity index (χ3n) is 3.66. The Bertz CT molecular complexity index is 566. The van der Waals surface area contributed by atoms with Gasteiger partial charge in [-0.1, -0.05) is 6.07 Å². The first-order chi connectivity index (χ1) is 9.29. The van der Waals surface area contributed by atoms with Crippen LogP contribution in [0.5, 0.6) is 0 Å². The lowest BCUT2D eigenvalue weighted by Gasteiger charge is -2.21. The lowest BCUT2D eigenvalue weighted by molar-refractivity contribution is 0.427. The highest BCUT2D eigenvalue weighted by atomic mass is 15.3. The van der Waals surface area contributed by atoms with E-state index in [0.29, 0.717) is 0 Å². The fraction of sp³-hybridized carbons (Fsp3) is 0.357. The molecule has 3 rings (SSSR count). The number of rotatable bonds is 3. The molecular formula is C14H17N5. The predicted octanol–water partition coefficient (Wildman–Crippen LogP) is 1.41. The highest BCUT2D eigenvalue weighted by Crippen LogP contribution is 2.38. The Hall–Kier alpha value is -1.85. The Morgan fingerprint density at radius 2 is 2.11 bits per heavy atom. The van der Waals surface area contributed by atoms with Gasteiger partial charge in [0.1, 0.15) is 5.82 Å². The summed E-state index contributed by atoms with van der Waals surface area (Å²) in [5, 5.41) is 0. The Labute approximate surface area is 112 Å². The van der Waals surface area contributed by atoms with Crippen molar-refractivity contribution in [3.05, 3.63) is 53.4 Å². The number of hydrogen-bond acceptors (Lipinski definition) is 5. The molecule has 0 aromatic carbocycles. The third-order valence-corrected chi connectivity index (χ3v) is 3.66. The van der Waals surface area contributed by atoms with E-state index in [4.69, 9.17) is 5.84 Å². The van der Waals surface area contributed by atoms with Gasteiger partial charge >= 0.3 is 0 Å². The normalized spacial score (nSPS) is 19.2. The molecule has 2 atom stereocenters. The van der Waals surface area contributed by atoms with Gasteiger partial charge < -0.3 is 0 Å². The van der Waals surface area contributed by atoms with Gasteiger partial charge in [-0.2, -0.15) is 0 Å². The van der Waals surface area contributed by atoms with Crippen molar-refractivity contribution in [1.29, 1.82) is 0 Å². The second-order valence-electron chi connectivity index (χ2n) is 4.96. The summed E-state index contributed by atoms with van der Waals surface area (Å²) in [5.74, 6) is 6.69. The van der Waals surface area contributed by atoms with E-state index in [1.165, 1.54) is 5.56 Å². The van der Waals surface area contributed by atoms with Crippen LogP contribution in [0.3, 0.4) is 0 Å². The van der Waals surface area contributed by atoms with Crippen molar-refractivity contribution in [1.82, 2.24) is 20.4 Å². The lowest BCUT2D eigenvalue weighted by atomic mass is 9.96. The molecule has 0 bridgehead atoms. The Morgan fingerprint density at radius 1 is 1.32 bits per heavy atom. The summed E-state index contributed by atoms with van der Waals surface area (Å²) in [6.07, 6.45) is 7.54. The van der Waals surface area contributed by atoms with Crippen LogP contribution in [-0.4, -0.2) is 15.0 Å². The average molecular weight is 255 g/mol. The number of aromatic nitrogens is 3. The van der Waals surface area contributed by atoms with Gasteiger partial charge in [-0.3, -0.25) is 10.8 Å². The second-order valence-corrected chi connectivity index (χ2v) is 4.96. The third kappa shape index (κ3) is 2.22. The predicted molar refractivity (Wildman–Crippen MR) is 72.1 cm³/mol. The monoisotopic (exact) mass is 255 g/mol. The maximum atomic E-state index is 5.72. The molecule has 19 heavy (non-hydrogen) atoms. The molecule has 2 aromatic rings. The summed E-state index contributed by atoms with van der Waals surface area (Å²) in [6, 6.07) is 4.03. The average Bonchev–Trinajstić information content (AvgIpc) is 2.86. The van der Waals surface area contributed by atoms with Gasteiger partial charge in [0.05, 0.1) is 6.04 Å². The maximum Gasteiger partial charge on any atom is 0.147 e. The molecule has 1 aliphatic carbocycles. The largest absolute Gasteiger partial charge is 0.271 e. The van der Waals surface area contributed by atoms with E-state index >= 15 is 0 Å². The number of aryl methyl sites for hydroxylation is 2. The van der Waals surface area contributed by atoms with Gasteiger partial charge in [0, 0.05) is 30.2 Å². The quantitative estimate of drug-likeness (QED) is 0.640. The maximum absolute atomic E-state index is 5.72. The summed E-state index contributed by atoms with van der Waals surface area (Å²) < 4.78 is 0. The molecule has 0 radical (unpaired) electrons. The standard InChI is InChI=1S/C14H17N5/c1-9-7-17-14(18-8-9)13(19-15)11-5-4-10-3-2-6-16-12(10)11/h2-3,6-8,11,13,19H,4-5,15H2,1H3. The zero-order chi connectivity index (χ0) is 13.2. The van der Waals surface area contributed by atoms with Crippen molar-refractivity contribution in [3.8, 4) is 0 Å². The van der Waals surface area contributed by atoms with Gasteiger partial charge in [0.2, 0.25) is 0 Å². The zero-order valence-electron chi connectivity index (χ0n) is 10.9. The number of pyridine rings is 1. The highest BCUT2D eigenvalue weighted by Gasteiger charge is 2.32. The molecule has 1 aliphatic rings. The van der Waals surface area contributed by atoms with E-state index in [1.807, 2.05) is 31.6 Å². The summed E-state index contributed by atoms with van der Waals surface area (Å²) in [7, 11) is 0. The van der Waals surface area contributed by atoms with E-state index in [-0.39, 0.29) is 12.0 Å². The zero-order valence-corrected chi connectivity index (χ0v) is 10.9. The van der Waals surface area contributed by atoms with Crippen LogP contribution < -0.4 is 11.3 Å². The molecule has 0 saturated heterocycles. The number of nitrogens with zero attached hydrogens (tertiary/aromatic N) is 3. The Kier molecular flexibility index (Phi) is 3.23. The number of nitrogens with one attached hydrogen (secondary N) is 1. The van der Waals surface area contributed by atoms with Crippen LogP contribution in [0.25, 0.3) is 0 Å². The van der Waals surface area contributed by atoms with Crippen LogP contribution in [-0.2, 0) is 6.42 Å². The van der Waals surface area contributed by atoms with E-state index in [9.17, 15) is 0 Å².